The third kappa shape index (κ3) is 8.39. The van der Waals surface area contributed by atoms with Crippen molar-refractivity contribution < 1.29 is 57.9 Å². The van der Waals surface area contributed by atoms with Crippen molar-refractivity contribution in [2.45, 2.75) is 147 Å². The van der Waals surface area contributed by atoms with E-state index in [1.165, 1.54) is 6.92 Å². The van der Waals surface area contributed by atoms with Gasteiger partial charge in [-0.3, -0.25) is 9.59 Å². The minimum atomic E-state index is -2.43. The van der Waals surface area contributed by atoms with Crippen molar-refractivity contribution in [3.05, 3.63) is 119 Å². The van der Waals surface area contributed by atoms with Gasteiger partial charge in [0.2, 0.25) is 0 Å². The highest BCUT2D eigenvalue weighted by Gasteiger charge is 2.77. The van der Waals surface area contributed by atoms with Crippen LogP contribution < -0.4 is 5.32 Å². The number of ether oxygens (including phenoxy) is 4. The Kier molecular flexibility index (Phi) is 13.7. The molecule has 3 aromatic rings. The van der Waals surface area contributed by atoms with Gasteiger partial charge in [-0.1, -0.05) is 114 Å². The van der Waals surface area contributed by atoms with E-state index < -0.39 is 103 Å². The second-order valence-electron chi connectivity index (χ2n) is 19.2. The molecule has 1 heterocycles. The number of rotatable bonds is 14. The Labute approximate surface area is 383 Å². The van der Waals surface area contributed by atoms with Crippen LogP contribution in [-0.4, -0.2) is 102 Å². The van der Waals surface area contributed by atoms with Gasteiger partial charge in [0.05, 0.1) is 36.3 Å². The third-order valence-corrected chi connectivity index (χ3v) is 20.4. The van der Waals surface area contributed by atoms with Gasteiger partial charge in [0, 0.05) is 36.2 Å². The van der Waals surface area contributed by atoms with E-state index in [1.54, 1.807) is 97.9 Å². The van der Waals surface area contributed by atoms with Crippen molar-refractivity contribution in [3.63, 3.8) is 0 Å². The molecule has 4 aliphatic rings. The largest absolute Gasteiger partial charge is 0.456 e. The number of hydrogen-bond donors (Lipinski definition) is 4. The lowest BCUT2D eigenvalue weighted by atomic mass is 9.44. The zero-order chi connectivity index (χ0) is 47.1. The first-order valence-corrected chi connectivity index (χ1v) is 25.5. The van der Waals surface area contributed by atoms with Gasteiger partial charge in [0.25, 0.3) is 5.91 Å². The van der Waals surface area contributed by atoms with Crippen molar-refractivity contribution in [2.24, 2.45) is 16.7 Å². The van der Waals surface area contributed by atoms with Crippen LogP contribution in [-0.2, 0) is 33.0 Å². The standard InChI is InChI=1S/C51H65NO12Si/c1-9-65(10-2,11-3)64-39-28-40-50(30-60-40,63-32(5)53)43-44(62-46(57)35-25-19-14-20-26-35)51(59)29-37(31(4)36(48(51,6)7)27-38(54)49(39,43)8)61-47(58)42(55)41(33-21-15-12-16-22-33)52-45(56)34-23-17-13-18-24-34/h12-26,37-44,54-55,59H,9-11,27-30H2,1-8H3,(H,52,56)/t37-,38-,39?,40?,41-,42+,43-,44-,49+,50?,51+/m0/s1. The van der Waals surface area contributed by atoms with Gasteiger partial charge >= 0.3 is 17.9 Å². The van der Waals surface area contributed by atoms with E-state index in [-0.39, 0.29) is 31.4 Å². The second-order valence-corrected chi connectivity index (χ2v) is 23.9. The maximum absolute atomic E-state index is 14.6. The van der Waals surface area contributed by atoms with Gasteiger partial charge in [-0.15, -0.1) is 0 Å². The van der Waals surface area contributed by atoms with Gasteiger partial charge in [-0.05, 0) is 66.9 Å². The number of esters is 3. The first-order chi connectivity index (χ1) is 30.8. The quantitative estimate of drug-likeness (QED) is 0.0562. The van der Waals surface area contributed by atoms with Crippen molar-refractivity contribution in [1.29, 1.82) is 0 Å². The molecule has 1 aliphatic heterocycles. The molecule has 3 aromatic carbocycles. The summed E-state index contributed by atoms with van der Waals surface area (Å²) in [5.74, 6) is -4.08. The molecule has 7 rings (SSSR count). The zero-order valence-corrected chi connectivity index (χ0v) is 39.7. The van der Waals surface area contributed by atoms with E-state index in [4.69, 9.17) is 23.4 Å². The Bertz CT molecular complexity index is 2240. The molecule has 2 bridgehead atoms. The minimum Gasteiger partial charge on any atom is -0.456 e. The molecule has 13 nitrogen and oxygen atoms in total. The molecule has 0 radical (unpaired) electrons. The predicted octanol–water partition coefficient (Wildman–Crippen LogP) is 7.02. The topological polar surface area (TPSA) is 187 Å². The van der Waals surface area contributed by atoms with Crippen LogP contribution in [0.5, 0.6) is 0 Å². The van der Waals surface area contributed by atoms with Crippen molar-refractivity contribution in [1.82, 2.24) is 5.32 Å². The van der Waals surface area contributed by atoms with E-state index >= 15 is 0 Å². The highest BCUT2D eigenvalue weighted by molar-refractivity contribution is 6.73. The number of nitrogens with one attached hydrogen (secondary N) is 1. The maximum Gasteiger partial charge on any atom is 0.338 e. The number of amides is 1. The molecule has 3 aliphatic carbocycles. The van der Waals surface area contributed by atoms with Gasteiger partial charge in [0.1, 0.15) is 23.9 Å². The van der Waals surface area contributed by atoms with Crippen molar-refractivity contribution in [3.8, 4) is 0 Å². The lowest BCUT2D eigenvalue weighted by Crippen LogP contribution is -2.81. The summed E-state index contributed by atoms with van der Waals surface area (Å²) in [6.45, 7) is 14.9. The van der Waals surface area contributed by atoms with Gasteiger partial charge in [0.15, 0.2) is 20.0 Å². The highest BCUT2D eigenvalue weighted by Crippen LogP contribution is 2.66. The van der Waals surface area contributed by atoms with Gasteiger partial charge in [-0.2, -0.15) is 0 Å². The Hall–Kier alpha value is -4.70. The Morgan fingerprint density at radius 1 is 0.862 bits per heavy atom. The molecule has 1 amide bonds. The molecule has 3 unspecified atom stereocenters. The van der Waals surface area contributed by atoms with Crippen LogP contribution in [0.1, 0.15) is 107 Å². The summed E-state index contributed by atoms with van der Waals surface area (Å²) < 4.78 is 32.9. The Morgan fingerprint density at radius 3 is 1.97 bits per heavy atom. The fourth-order valence-electron chi connectivity index (χ4n) is 11.4. The monoisotopic (exact) mass is 911 g/mol. The first-order valence-electron chi connectivity index (χ1n) is 23.0. The second kappa shape index (κ2) is 18.5. The fraction of sp³-hybridized carbons (Fsp3) is 0.529. The molecular formula is C51H65NO12Si. The average Bonchev–Trinajstić information content (AvgIpc) is 3.30. The van der Waals surface area contributed by atoms with Crippen LogP contribution >= 0.6 is 0 Å². The molecule has 1 saturated heterocycles. The first kappa shape index (κ1) is 48.2. The normalized spacial score (nSPS) is 31.3. The maximum atomic E-state index is 14.6. The van der Waals surface area contributed by atoms with Crippen LogP contribution in [0.25, 0.3) is 0 Å². The molecule has 4 N–H and O–H groups in total. The summed E-state index contributed by atoms with van der Waals surface area (Å²) in [7, 11) is -2.43. The number of benzene rings is 3. The van der Waals surface area contributed by atoms with Crippen LogP contribution in [0.15, 0.2) is 102 Å². The zero-order valence-electron chi connectivity index (χ0n) is 38.7. The van der Waals surface area contributed by atoms with E-state index in [9.17, 15) is 34.5 Å². The number of fused-ring (bicyclic) bond motifs is 5. The summed E-state index contributed by atoms with van der Waals surface area (Å²) in [6, 6.07) is 26.5. The summed E-state index contributed by atoms with van der Waals surface area (Å²) in [5.41, 5.74) is -4.05. The lowest BCUT2D eigenvalue weighted by molar-refractivity contribution is -0.359. The number of aliphatic hydroxyl groups is 3. The molecular weight excluding hydrogens is 847 g/mol. The molecule has 0 aromatic heterocycles. The van der Waals surface area contributed by atoms with Crippen LogP contribution in [0.2, 0.25) is 18.1 Å². The number of carbonyl (C=O) groups excluding carboxylic acids is 4. The van der Waals surface area contributed by atoms with E-state index in [0.29, 0.717) is 22.3 Å². The lowest BCUT2D eigenvalue weighted by Gasteiger charge is -2.69. The van der Waals surface area contributed by atoms with Crippen LogP contribution in [0, 0.1) is 16.7 Å². The molecule has 2 saturated carbocycles. The summed E-state index contributed by atoms with van der Waals surface area (Å²) in [6.07, 6.45) is -7.32. The van der Waals surface area contributed by atoms with Crippen LogP contribution in [0.4, 0.5) is 0 Å². The van der Waals surface area contributed by atoms with E-state index in [0.717, 1.165) is 18.1 Å². The van der Waals surface area contributed by atoms with Gasteiger partial charge in [-0.25, -0.2) is 9.59 Å². The molecule has 14 heteroatoms. The number of aliphatic hydroxyl groups excluding tert-OH is 2. The highest BCUT2D eigenvalue weighted by atomic mass is 28.4. The summed E-state index contributed by atoms with van der Waals surface area (Å²) in [4.78, 5) is 55.7. The predicted molar refractivity (Wildman–Crippen MR) is 244 cm³/mol. The van der Waals surface area contributed by atoms with Gasteiger partial charge < -0.3 is 44.0 Å². The third-order valence-electron chi connectivity index (χ3n) is 15.8. The summed E-state index contributed by atoms with van der Waals surface area (Å²) >= 11 is 0. The van der Waals surface area contributed by atoms with Crippen LogP contribution in [0.3, 0.4) is 0 Å². The smallest absolute Gasteiger partial charge is 0.338 e. The molecule has 65 heavy (non-hydrogen) atoms. The Balaban J connectivity index is 1.37. The number of hydrogen-bond acceptors (Lipinski definition) is 12. The van der Waals surface area contributed by atoms with Crippen molar-refractivity contribution >= 4 is 32.1 Å². The SMILES string of the molecule is CC[Si](CC)(CC)OC1CC2OCC2(OC(C)=O)[C@H]2[C@H](OC(=O)c3ccccc3)[C@]3(O)C[C@H](OC(=O)[C@H](O)[C@@H](NC(=O)c4ccccc4)c4ccccc4)C(C)=C(C[C@H](O)[C@]12C)C3(C)C. The Morgan fingerprint density at radius 2 is 1.43 bits per heavy atom. The number of carbonyl (C=O) groups is 4. The molecule has 3 fully saturated rings. The molecule has 11 atom stereocenters. The van der Waals surface area contributed by atoms with Crippen molar-refractivity contribution in [2.75, 3.05) is 6.61 Å². The van der Waals surface area contributed by atoms with E-state index in [2.05, 4.69) is 26.1 Å². The average molecular weight is 912 g/mol. The fourth-order valence-corrected chi connectivity index (χ4v) is 14.4. The minimum absolute atomic E-state index is 0.00959. The van der Waals surface area contributed by atoms with E-state index in [1.807, 2.05) is 20.8 Å². The summed E-state index contributed by atoms with van der Waals surface area (Å²) in [5, 5.41) is 41.7. The molecule has 350 valence electrons. The molecule has 0 spiro atoms.